The molecule has 0 amide bonds. The Kier molecular flexibility index (Phi) is 3.94. The van der Waals surface area contributed by atoms with Gasteiger partial charge in [0.2, 0.25) is 0 Å². The normalized spacial score (nSPS) is 10.8. The predicted molar refractivity (Wildman–Crippen MR) is 71.2 cm³/mol. The molecular weight excluding hydrogens is 230 g/mol. The lowest BCUT2D eigenvalue weighted by Crippen LogP contribution is -2.20. The molecule has 0 bridgehead atoms. The molecule has 0 fully saturated rings. The van der Waals surface area contributed by atoms with Crippen molar-refractivity contribution in [3.63, 3.8) is 0 Å². The van der Waals surface area contributed by atoms with Gasteiger partial charge in [0.05, 0.1) is 5.52 Å². The lowest BCUT2D eigenvalue weighted by molar-refractivity contribution is 0.112. The van der Waals surface area contributed by atoms with E-state index in [1.54, 1.807) is 13.2 Å². The number of methoxy groups -OCH3 is 1. The smallest absolute Gasteiger partial charge is 0.158 e. The van der Waals surface area contributed by atoms with Crippen molar-refractivity contribution in [3.8, 4) is 0 Å². The summed E-state index contributed by atoms with van der Waals surface area (Å²) >= 11 is 0. The molecule has 1 heterocycles. The molecule has 0 aliphatic carbocycles. The number of carbonyl (C=O) groups is 1. The standard InChI is InChI=1S/C13H17N3O2/c1-16(6-3-7-18-2)13-11-8-10(9-17)4-5-12(11)14-15-13/h4-5,8-9H,3,6-7H2,1-2H3,(H,14,15). The summed E-state index contributed by atoms with van der Waals surface area (Å²) in [5.41, 5.74) is 1.60. The number of carbonyl (C=O) groups excluding carboxylic acids is 1. The number of H-pyrrole nitrogens is 1. The van der Waals surface area contributed by atoms with Crippen LogP contribution in [0.25, 0.3) is 10.9 Å². The molecule has 1 N–H and O–H groups in total. The topological polar surface area (TPSA) is 58.2 Å². The van der Waals surface area contributed by atoms with Gasteiger partial charge in [-0.1, -0.05) is 0 Å². The molecule has 0 aliphatic heterocycles. The van der Waals surface area contributed by atoms with Gasteiger partial charge in [-0.15, -0.1) is 0 Å². The summed E-state index contributed by atoms with van der Waals surface area (Å²) in [6.07, 6.45) is 1.79. The number of hydrogen-bond acceptors (Lipinski definition) is 4. The molecule has 0 saturated heterocycles. The summed E-state index contributed by atoms with van der Waals surface area (Å²) in [5.74, 6) is 0.866. The van der Waals surface area contributed by atoms with Gasteiger partial charge in [-0.3, -0.25) is 9.89 Å². The first-order chi connectivity index (χ1) is 8.76. The van der Waals surface area contributed by atoms with Crippen molar-refractivity contribution >= 4 is 23.0 Å². The van der Waals surface area contributed by atoms with Crippen LogP contribution in [0.3, 0.4) is 0 Å². The fourth-order valence-corrected chi connectivity index (χ4v) is 1.93. The van der Waals surface area contributed by atoms with Crippen LogP contribution in [0.15, 0.2) is 18.2 Å². The molecular formula is C13H17N3O2. The Morgan fingerprint density at radius 3 is 3.06 bits per heavy atom. The summed E-state index contributed by atoms with van der Waals surface area (Å²) in [6.45, 7) is 1.59. The largest absolute Gasteiger partial charge is 0.385 e. The molecule has 0 saturated carbocycles. The molecule has 5 nitrogen and oxygen atoms in total. The summed E-state index contributed by atoms with van der Waals surface area (Å²) in [6, 6.07) is 5.51. The van der Waals surface area contributed by atoms with Gasteiger partial charge in [0.25, 0.3) is 0 Å². The van der Waals surface area contributed by atoms with E-state index in [9.17, 15) is 4.79 Å². The number of ether oxygens (including phenoxy) is 1. The predicted octanol–water partition coefficient (Wildman–Crippen LogP) is 1.85. The van der Waals surface area contributed by atoms with Gasteiger partial charge in [0.1, 0.15) is 6.29 Å². The van der Waals surface area contributed by atoms with Crippen LogP contribution in [0.2, 0.25) is 0 Å². The van der Waals surface area contributed by atoms with Crippen LogP contribution < -0.4 is 4.90 Å². The Morgan fingerprint density at radius 1 is 1.50 bits per heavy atom. The number of anilines is 1. The number of nitrogens with one attached hydrogen (secondary N) is 1. The number of hydrogen-bond donors (Lipinski definition) is 1. The number of aromatic nitrogens is 2. The summed E-state index contributed by atoms with van der Waals surface area (Å²) in [4.78, 5) is 12.9. The molecule has 18 heavy (non-hydrogen) atoms. The second-order valence-electron chi connectivity index (χ2n) is 4.24. The van der Waals surface area contributed by atoms with E-state index in [1.165, 1.54) is 0 Å². The minimum Gasteiger partial charge on any atom is -0.385 e. The molecule has 0 radical (unpaired) electrons. The lowest BCUT2D eigenvalue weighted by atomic mass is 10.1. The van der Waals surface area contributed by atoms with Crippen LogP contribution in [-0.2, 0) is 4.74 Å². The van der Waals surface area contributed by atoms with E-state index in [0.717, 1.165) is 42.6 Å². The van der Waals surface area contributed by atoms with E-state index < -0.39 is 0 Å². The van der Waals surface area contributed by atoms with Crippen LogP contribution in [0.1, 0.15) is 16.8 Å². The highest BCUT2D eigenvalue weighted by Gasteiger charge is 2.10. The number of benzene rings is 1. The van der Waals surface area contributed by atoms with Gasteiger partial charge in [-0.2, -0.15) is 5.10 Å². The van der Waals surface area contributed by atoms with Gasteiger partial charge >= 0.3 is 0 Å². The lowest BCUT2D eigenvalue weighted by Gasteiger charge is -2.16. The minimum absolute atomic E-state index is 0.662. The Bertz CT molecular complexity index is 536. The zero-order chi connectivity index (χ0) is 13.0. The Morgan fingerprint density at radius 2 is 2.33 bits per heavy atom. The summed E-state index contributed by atoms with van der Waals surface area (Å²) < 4.78 is 5.03. The number of rotatable bonds is 6. The van der Waals surface area contributed by atoms with Crippen LogP contribution in [0, 0.1) is 0 Å². The highest BCUT2D eigenvalue weighted by atomic mass is 16.5. The first-order valence-corrected chi connectivity index (χ1v) is 5.89. The van der Waals surface area contributed by atoms with Crippen molar-refractivity contribution in [2.24, 2.45) is 0 Å². The van der Waals surface area contributed by atoms with E-state index in [2.05, 4.69) is 15.1 Å². The molecule has 0 atom stereocenters. The SMILES string of the molecule is COCCCN(C)c1n[nH]c2ccc(C=O)cc12. The van der Waals surface area contributed by atoms with Crippen molar-refractivity contribution in [2.45, 2.75) is 6.42 Å². The van der Waals surface area contributed by atoms with Crippen LogP contribution >= 0.6 is 0 Å². The molecule has 5 heteroatoms. The van der Waals surface area contributed by atoms with Gasteiger partial charge in [0, 0.05) is 38.3 Å². The molecule has 1 aromatic carbocycles. The second-order valence-corrected chi connectivity index (χ2v) is 4.24. The minimum atomic E-state index is 0.662. The number of fused-ring (bicyclic) bond motifs is 1. The Labute approximate surface area is 106 Å². The highest BCUT2D eigenvalue weighted by molar-refractivity contribution is 5.94. The molecule has 0 aliphatic rings. The maximum absolute atomic E-state index is 10.8. The van der Waals surface area contributed by atoms with Crippen molar-refractivity contribution in [1.82, 2.24) is 10.2 Å². The second kappa shape index (κ2) is 5.64. The zero-order valence-corrected chi connectivity index (χ0v) is 10.6. The van der Waals surface area contributed by atoms with Crippen molar-refractivity contribution < 1.29 is 9.53 Å². The van der Waals surface area contributed by atoms with E-state index in [1.807, 2.05) is 19.2 Å². The molecule has 2 rings (SSSR count). The molecule has 0 spiro atoms. The monoisotopic (exact) mass is 247 g/mol. The van der Waals surface area contributed by atoms with E-state index in [-0.39, 0.29) is 0 Å². The Hall–Kier alpha value is -1.88. The van der Waals surface area contributed by atoms with Crippen molar-refractivity contribution in [1.29, 1.82) is 0 Å². The zero-order valence-electron chi connectivity index (χ0n) is 10.6. The van der Waals surface area contributed by atoms with Gasteiger partial charge < -0.3 is 9.64 Å². The third-order valence-electron chi connectivity index (χ3n) is 2.91. The van der Waals surface area contributed by atoms with Gasteiger partial charge in [-0.05, 0) is 24.6 Å². The maximum Gasteiger partial charge on any atom is 0.158 e. The quantitative estimate of drug-likeness (QED) is 0.625. The summed E-state index contributed by atoms with van der Waals surface area (Å²) in [7, 11) is 3.68. The molecule has 1 aromatic heterocycles. The highest BCUT2D eigenvalue weighted by Crippen LogP contribution is 2.23. The molecule has 96 valence electrons. The van der Waals surface area contributed by atoms with Crippen LogP contribution in [0.5, 0.6) is 0 Å². The fraction of sp³-hybridized carbons (Fsp3) is 0.385. The first kappa shape index (κ1) is 12.6. The average molecular weight is 247 g/mol. The van der Waals surface area contributed by atoms with Crippen molar-refractivity contribution in [2.75, 3.05) is 32.2 Å². The third-order valence-corrected chi connectivity index (χ3v) is 2.91. The van der Waals surface area contributed by atoms with E-state index in [0.29, 0.717) is 5.56 Å². The average Bonchev–Trinajstić information content (AvgIpc) is 2.81. The van der Waals surface area contributed by atoms with Gasteiger partial charge in [-0.25, -0.2) is 0 Å². The van der Waals surface area contributed by atoms with E-state index in [4.69, 9.17) is 4.74 Å². The van der Waals surface area contributed by atoms with Crippen LogP contribution in [0.4, 0.5) is 5.82 Å². The fourth-order valence-electron chi connectivity index (χ4n) is 1.93. The van der Waals surface area contributed by atoms with E-state index >= 15 is 0 Å². The van der Waals surface area contributed by atoms with Crippen molar-refractivity contribution in [3.05, 3.63) is 23.8 Å². The molecule has 0 unspecified atom stereocenters. The first-order valence-electron chi connectivity index (χ1n) is 5.89. The summed E-state index contributed by atoms with van der Waals surface area (Å²) in [5, 5.41) is 8.24. The number of aldehydes is 1. The number of nitrogens with zero attached hydrogens (tertiary/aromatic N) is 2. The molecule has 2 aromatic rings. The van der Waals surface area contributed by atoms with Gasteiger partial charge in [0.15, 0.2) is 5.82 Å². The van der Waals surface area contributed by atoms with Crippen LogP contribution in [-0.4, -0.2) is 43.8 Å². The Balaban J connectivity index is 2.24. The third kappa shape index (κ3) is 2.51. The maximum atomic E-state index is 10.8. The number of aromatic amines is 1.